The van der Waals surface area contributed by atoms with Crippen molar-refractivity contribution in [2.45, 2.75) is 13.0 Å². The maximum absolute atomic E-state index is 11.6. The van der Waals surface area contributed by atoms with Crippen molar-refractivity contribution in [1.29, 1.82) is 0 Å². The standard InChI is InChI=1S/C14H19N3O2S/c1-19-12-4-3-10(14(15)20)7-11(12)8-17-6-2-5-16-13(18)9-17/h3-4,7H,2,5-6,8-9H2,1H3,(H2,15,20)(H,16,18). The molecule has 1 fully saturated rings. The molecule has 3 N–H and O–H groups in total. The van der Waals surface area contributed by atoms with Crippen molar-refractivity contribution in [2.24, 2.45) is 5.73 Å². The van der Waals surface area contributed by atoms with Gasteiger partial charge in [0, 0.05) is 30.8 Å². The van der Waals surface area contributed by atoms with Gasteiger partial charge in [-0.25, -0.2) is 0 Å². The van der Waals surface area contributed by atoms with E-state index >= 15 is 0 Å². The molecule has 108 valence electrons. The van der Waals surface area contributed by atoms with Crippen molar-refractivity contribution < 1.29 is 9.53 Å². The molecule has 1 aromatic carbocycles. The number of benzene rings is 1. The van der Waals surface area contributed by atoms with Gasteiger partial charge in [0.25, 0.3) is 0 Å². The van der Waals surface area contributed by atoms with Crippen molar-refractivity contribution in [3.05, 3.63) is 29.3 Å². The molecular formula is C14H19N3O2S. The predicted molar refractivity (Wildman–Crippen MR) is 81.8 cm³/mol. The van der Waals surface area contributed by atoms with E-state index in [9.17, 15) is 4.79 Å². The third kappa shape index (κ3) is 3.68. The molecule has 0 spiro atoms. The molecule has 5 nitrogen and oxygen atoms in total. The highest BCUT2D eigenvalue weighted by molar-refractivity contribution is 7.80. The quantitative estimate of drug-likeness (QED) is 0.798. The fourth-order valence-corrected chi connectivity index (χ4v) is 2.43. The Kier molecular flexibility index (Phi) is 4.92. The van der Waals surface area contributed by atoms with Gasteiger partial charge in [-0.05, 0) is 24.6 Å². The number of hydrogen-bond acceptors (Lipinski definition) is 4. The number of nitrogens with zero attached hydrogens (tertiary/aromatic N) is 1. The molecule has 0 bridgehead atoms. The molecule has 0 aromatic heterocycles. The number of carbonyl (C=O) groups excluding carboxylic acids is 1. The first kappa shape index (κ1) is 14.7. The van der Waals surface area contributed by atoms with Crippen LogP contribution in [0.3, 0.4) is 0 Å². The molecule has 1 amide bonds. The lowest BCUT2D eigenvalue weighted by atomic mass is 10.1. The van der Waals surface area contributed by atoms with Gasteiger partial charge in [0.1, 0.15) is 10.7 Å². The summed E-state index contributed by atoms with van der Waals surface area (Å²) < 4.78 is 5.37. The fourth-order valence-electron chi connectivity index (χ4n) is 2.30. The van der Waals surface area contributed by atoms with E-state index in [1.807, 2.05) is 18.2 Å². The lowest BCUT2D eigenvalue weighted by Crippen LogP contribution is -2.32. The first-order valence-corrected chi connectivity index (χ1v) is 6.96. The van der Waals surface area contributed by atoms with E-state index in [0.29, 0.717) is 18.1 Å². The Bertz CT molecular complexity index is 519. The zero-order valence-electron chi connectivity index (χ0n) is 11.5. The largest absolute Gasteiger partial charge is 0.496 e. The van der Waals surface area contributed by atoms with Crippen LogP contribution in [0.1, 0.15) is 17.5 Å². The zero-order chi connectivity index (χ0) is 14.5. The van der Waals surface area contributed by atoms with Gasteiger partial charge in [-0.2, -0.15) is 0 Å². The van der Waals surface area contributed by atoms with Crippen LogP contribution in [-0.4, -0.2) is 42.5 Å². The average Bonchev–Trinajstić information content (AvgIpc) is 2.63. The van der Waals surface area contributed by atoms with E-state index in [1.165, 1.54) is 0 Å². The average molecular weight is 293 g/mol. The number of hydrogen-bond donors (Lipinski definition) is 2. The van der Waals surface area contributed by atoms with E-state index < -0.39 is 0 Å². The molecule has 2 rings (SSSR count). The number of carbonyl (C=O) groups is 1. The summed E-state index contributed by atoms with van der Waals surface area (Å²) >= 11 is 5.01. The topological polar surface area (TPSA) is 67.6 Å². The van der Waals surface area contributed by atoms with Crippen LogP contribution in [0.25, 0.3) is 0 Å². The minimum atomic E-state index is 0.0620. The van der Waals surface area contributed by atoms with Crippen molar-refractivity contribution in [3.63, 3.8) is 0 Å². The first-order valence-electron chi connectivity index (χ1n) is 6.56. The van der Waals surface area contributed by atoms with E-state index in [2.05, 4.69) is 10.2 Å². The van der Waals surface area contributed by atoms with Gasteiger partial charge in [-0.3, -0.25) is 9.69 Å². The summed E-state index contributed by atoms with van der Waals surface area (Å²) in [5.74, 6) is 0.849. The fraction of sp³-hybridized carbons (Fsp3) is 0.429. The number of thiocarbonyl (C=S) groups is 1. The van der Waals surface area contributed by atoms with Crippen LogP contribution in [0.15, 0.2) is 18.2 Å². The second kappa shape index (κ2) is 6.67. The summed E-state index contributed by atoms with van der Waals surface area (Å²) in [5.41, 5.74) is 7.48. The van der Waals surface area contributed by atoms with Gasteiger partial charge in [-0.1, -0.05) is 12.2 Å². The second-order valence-electron chi connectivity index (χ2n) is 4.81. The molecule has 0 aliphatic carbocycles. The highest BCUT2D eigenvalue weighted by Crippen LogP contribution is 2.22. The smallest absolute Gasteiger partial charge is 0.234 e. The third-order valence-corrected chi connectivity index (χ3v) is 3.54. The lowest BCUT2D eigenvalue weighted by Gasteiger charge is -2.20. The molecule has 1 heterocycles. The number of nitrogens with one attached hydrogen (secondary N) is 1. The number of nitrogens with two attached hydrogens (primary N) is 1. The number of methoxy groups -OCH3 is 1. The third-order valence-electron chi connectivity index (χ3n) is 3.30. The van der Waals surface area contributed by atoms with Crippen LogP contribution in [-0.2, 0) is 11.3 Å². The van der Waals surface area contributed by atoms with Crippen molar-refractivity contribution >= 4 is 23.1 Å². The highest BCUT2D eigenvalue weighted by atomic mass is 32.1. The van der Waals surface area contributed by atoms with Crippen LogP contribution in [0.4, 0.5) is 0 Å². The lowest BCUT2D eigenvalue weighted by molar-refractivity contribution is -0.121. The van der Waals surface area contributed by atoms with E-state index in [1.54, 1.807) is 7.11 Å². The number of rotatable bonds is 4. The second-order valence-corrected chi connectivity index (χ2v) is 5.24. The van der Waals surface area contributed by atoms with E-state index in [0.717, 1.165) is 36.4 Å². The molecule has 6 heteroatoms. The molecule has 1 aliphatic heterocycles. The number of ether oxygens (including phenoxy) is 1. The van der Waals surface area contributed by atoms with E-state index in [-0.39, 0.29) is 5.91 Å². The normalized spacial score (nSPS) is 16.4. The zero-order valence-corrected chi connectivity index (χ0v) is 12.3. The molecular weight excluding hydrogens is 274 g/mol. The van der Waals surface area contributed by atoms with Crippen molar-refractivity contribution in [2.75, 3.05) is 26.7 Å². The highest BCUT2D eigenvalue weighted by Gasteiger charge is 2.16. The molecule has 20 heavy (non-hydrogen) atoms. The minimum absolute atomic E-state index is 0.0620. The van der Waals surface area contributed by atoms with Crippen LogP contribution >= 0.6 is 12.2 Å². The Morgan fingerprint density at radius 1 is 1.55 bits per heavy atom. The summed E-state index contributed by atoms with van der Waals surface area (Å²) in [5, 5.41) is 2.87. The summed E-state index contributed by atoms with van der Waals surface area (Å²) in [4.78, 5) is 14.1. The Morgan fingerprint density at radius 3 is 3.05 bits per heavy atom. The van der Waals surface area contributed by atoms with Crippen LogP contribution < -0.4 is 15.8 Å². The summed E-state index contributed by atoms with van der Waals surface area (Å²) in [6.07, 6.45) is 0.947. The predicted octanol–water partition coefficient (Wildman–Crippen LogP) is 0.651. The molecule has 0 unspecified atom stereocenters. The molecule has 0 radical (unpaired) electrons. The maximum Gasteiger partial charge on any atom is 0.234 e. The Hall–Kier alpha value is -1.66. The Morgan fingerprint density at radius 2 is 2.35 bits per heavy atom. The molecule has 1 aliphatic rings. The van der Waals surface area contributed by atoms with Gasteiger partial charge in [0.2, 0.25) is 5.91 Å². The van der Waals surface area contributed by atoms with Crippen LogP contribution in [0.2, 0.25) is 0 Å². The molecule has 1 aromatic rings. The SMILES string of the molecule is COc1ccc(C(N)=S)cc1CN1CCCNC(=O)C1. The van der Waals surface area contributed by atoms with Gasteiger partial charge in [0.05, 0.1) is 13.7 Å². The van der Waals surface area contributed by atoms with Crippen LogP contribution in [0.5, 0.6) is 5.75 Å². The Labute approximate surface area is 124 Å². The monoisotopic (exact) mass is 293 g/mol. The van der Waals surface area contributed by atoms with Crippen molar-refractivity contribution in [1.82, 2.24) is 10.2 Å². The van der Waals surface area contributed by atoms with Gasteiger partial charge >= 0.3 is 0 Å². The number of amides is 1. The Balaban J connectivity index is 2.19. The molecule has 0 saturated carbocycles. The van der Waals surface area contributed by atoms with Gasteiger partial charge in [-0.15, -0.1) is 0 Å². The molecule has 1 saturated heterocycles. The van der Waals surface area contributed by atoms with Gasteiger partial charge in [0.15, 0.2) is 0 Å². The van der Waals surface area contributed by atoms with Crippen LogP contribution in [0, 0.1) is 0 Å². The summed E-state index contributed by atoms with van der Waals surface area (Å²) in [7, 11) is 1.63. The first-order chi connectivity index (χ1) is 9.60. The summed E-state index contributed by atoms with van der Waals surface area (Å²) in [6, 6.07) is 5.64. The minimum Gasteiger partial charge on any atom is -0.496 e. The van der Waals surface area contributed by atoms with E-state index in [4.69, 9.17) is 22.7 Å². The maximum atomic E-state index is 11.6. The molecule has 0 atom stereocenters. The summed E-state index contributed by atoms with van der Waals surface area (Å²) in [6.45, 7) is 2.66. The van der Waals surface area contributed by atoms with Crippen molar-refractivity contribution in [3.8, 4) is 5.75 Å². The van der Waals surface area contributed by atoms with Gasteiger partial charge < -0.3 is 15.8 Å².